The number of alkyl halides is 5. The Kier molecular flexibility index (Phi) is 3.33. The third kappa shape index (κ3) is 2.15. The Morgan fingerprint density at radius 1 is 1.55 bits per heavy atom. The predicted molar refractivity (Wildman–Crippen MR) is 76.9 cm³/mol. The van der Waals surface area contributed by atoms with Crippen molar-refractivity contribution in [3.63, 3.8) is 0 Å². The molecule has 0 bridgehead atoms. The van der Waals surface area contributed by atoms with E-state index in [0.29, 0.717) is 0 Å². The van der Waals surface area contributed by atoms with Gasteiger partial charge in [0.1, 0.15) is 0 Å². The molecule has 0 aromatic rings. The van der Waals surface area contributed by atoms with Crippen LogP contribution in [-0.2, 0) is 14.3 Å². The Morgan fingerprint density at radius 3 is 2.50 bits per heavy atom. The number of halogens is 5. The monoisotopic (exact) mass is 522 g/mol. The van der Waals surface area contributed by atoms with Crippen LogP contribution in [0.4, 0.5) is 13.2 Å². The number of nitrogens with one attached hydrogen (secondary N) is 2. The van der Waals surface area contributed by atoms with E-state index in [1.54, 1.807) is 6.92 Å². The van der Waals surface area contributed by atoms with Gasteiger partial charge in [-0.25, -0.2) is 0 Å². The number of ether oxygens (including phenoxy) is 2. The van der Waals surface area contributed by atoms with Gasteiger partial charge in [-0.15, -0.1) is 0 Å². The molecule has 3 atom stereocenters. The van der Waals surface area contributed by atoms with E-state index in [0.717, 1.165) is 0 Å². The molecule has 3 N–H and O–H groups in total. The Morgan fingerprint density at radius 2 is 2.10 bits per heavy atom. The molecule has 0 saturated carbocycles. The van der Waals surface area contributed by atoms with Crippen LogP contribution in [0.1, 0.15) is 13.3 Å². The summed E-state index contributed by atoms with van der Waals surface area (Å²) in [5.41, 5.74) is 0. The molecule has 3 unspecified atom stereocenters. The van der Waals surface area contributed by atoms with Gasteiger partial charge in [-0.2, -0.15) is 0 Å². The van der Waals surface area contributed by atoms with Crippen LogP contribution >= 0.6 is 43.0 Å². The molecule has 3 fully saturated rings. The summed E-state index contributed by atoms with van der Waals surface area (Å²) in [4.78, 5) is 12.1. The molecule has 3 rings (SSSR count). The topological polar surface area (TPSA) is 99.6 Å². The first-order chi connectivity index (χ1) is 9.02. The molecule has 0 radical (unpaired) electrons. The van der Waals surface area contributed by atoms with Crippen LogP contribution < -0.4 is 7.06 Å². The van der Waals surface area contributed by atoms with Gasteiger partial charge in [0.15, 0.2) is 0 Å². The molecule has 0 aliphatic carbocycles. The SMILES string of the molecule is CC(I)(C(=O)OC1COC(O)(C(F)(F)F)C1)C12NI1N2. The number of hydrogen-bond donors (Lipinski definition) is 3. The van der Waals surface area contributed by atoms with E-state index >= 15 is 0 Å². The average Bonchev–Trinajstić information content (AvgIpc) is 3.10. The summed E-state index contributed by atoms with van der Waals surface area (Å²) >= 11 is 0.567. The van der Waals surface area contributed by atoms with Crippen molar-refractivity contribution < 1.29 is 32.5 Å². The fourth-order valence-corrected chi connectivity index (χ4v) is 9.67. The Bertz CT molecular complexity index is 469. The van der Waals surface area contributed by atoms with Crippen molar-refractivity contribution in [2.45, 2.75) is 38.5 Å². The fourth-order valence-electron chi connectivity index (χ4n) is 1.91. The average molecular weight is 522 g/mol. The van der Waals surface area contributed by atoms with E-state index in [4.69, 9.17) is 4.74 Å². The predicted octanol–water partition coefficient (Wildman–Crippen LogP) is 0.960. The van der Waals surface area contributed by atoms with Crippen LogP contribution in [0.3, 0.4) is 0 Å². The van der Waals surface area contributed by atoms with Crippen molar-refractivity contribution in [1.29, 1.82) is 0 Å². The first kappa shape index (κ1) is 15.5. The zero-order chi connectivity index (χ0) is 15.0. The van der Waals surface area contributed by atoms with Crippen LogP contribution in [0.2, 0.25) is 0 Å². The Hall–Kier alpha value is 0.560. The van der Waals surface area contributed by atoms with Crippen LogP contribution in [0.25, 0.3) is 0 Å². The second-order valence-corrected chi connectivity index (χ2v) is 11.4. The zero-order valence-electron chi connectivity index (χ0n) is 10.1. The first-order valence-electron chi connectivity index (χ1n) is 5.60. The van der Waals surface area contributed by atoms with Crippen molar-refractivity contribution >= 4 is 48.9 Å². The van der Waals surface area contributed by atoms with Crippen molar-refractivity contribution in [3.05, 3.63) is 0 Å². The van der Waals surface area contributed by atoms with Crippen LogP contribution in [0.5, 0.6) is 0 Å². The van der Waals surface area contributed by atoms with Crippen molar-refractivity contribution in [2.24, 2.45) is 0 Å². The number of rotatable bonds is 3. The normalized spacial score (nSPS) is 38.9. The zero-order valence-corrected chi connectivity index (χ0v) is 14.4. The number of aliphatic hydroxyl groups is 1. The summed E-state index contributed by atoms with van der Waals surface area (Å²) in [5.74, 6) is -3.83. The van der Waals surface area contributed by atoms with Crippen molar-refractivity contribution in [1.82, 2.24) is 7.06 Å². The number of carbonyl (C=O) groups is 1. The van der Waals surface area contributed by atoms with E-state index in [1.807, 2.05) is 22.6 Å². The molecular weight excluding hydrogens is 511 g/mol. The summed E-state index contributed by atoms with van der Waals surface area (Å²) in [7, 11) is 0. The molecule has 0 aromatic heterocycles. The quantitative estimate of drug-likeness (QED) is 0.128. The molecule has 6 nitrogen and oxygen atoms in total. The molecule has 20 heavy (non-hydrogen) atoms. The Labute approximate surface area is 133 Å². The standard InChI is InChI=1S/C9H11F3I2N2O4/c1-6(13,9-14(15-9)16-9)5(17)20-4-2-7(18,19-3-4)8(10,11)12/h4,15-16,18H,2-3H2,1H3. The first-order valence-corrected chi connectivity index (χ1v) is 9.92. The maximum atomic E-state index is 12.6. The van der Waals surface area contributed by atoms with E-state index in [9.17, 15) is 23.1 Å². The second kappa shape index (κ2) is 4.31. The third-order valence-corrected chi connectivity index (χ3v) is 10.6. The van der Waals surface area contributed by atoms with Gasteiger partial charge in [-0.3, -0.25) is 0 Å². The van der Waals surface area contributed by atoms with E-state index in [2.05, 4.69) is 11.8 Å². The fraction of sp³-hybridized carbons (Fsp3) is 0.889. The Balaban J connectivity index is 1.61. The summed E-state index contributed by atoms with van der Waals surface area (Å²) in [5, 5.41) is 9.34. The van der Waals surface area contributed by atoms with Crippen LogP contribution in [-0.4, -0.2) is 42.8 Å². The molecule has 3 heterocycles. The van der Waals surface area contributed by atoms with Gasteiger partial charge in [0.2, 0.25) is 0 Å². The molecule has 116 valence electrons. The molecular formula is C9H11F3I2N2O4. The summed E-state index contributed by atoms with van der Waals surface area (Å²) < 4.78 is 52.3. The van der Waals surface area contributed by atoms with Crippen molar-refractivity contribution in [3.8, 4) is 0 Å². The van der Waals surface area contributed by atoms with Gasteiger partial charge >= 0.3 is 134 Å². The maximum absolute atomic E-state index is 12.6. The number of carbonyl (C=O) groups excluding carboxylic acids is 1. The molecule has 3 saturated heterocycles. The van der Waals surface area contributed by atoms with E-state index in [-0.39, 0.29) is 3.67 Å². The second-order valence-electron chi connectivity index (χ2n) is 4.96. The van der Waals surface area contributed by atoms with Crippen molar-refractivity contribution in [2.75, 3.05) is 6.61 Å². The number of fused-ring (bicyclic) bond motifs is 1. The molecule has 0 aromatic carbocycles. The molecule has 11 heteroatoms. The van der Waals surface area contributed by atoms with E-state index < -0.39 is 60.9 Å². The molecule has 3 aliphatic heterocycles. The molecule has 0 spiro atoms. The van der Waals surface area contributed by atoms with Gasteiger partial charge in [0, 0.05) is 0 Å². The minimum absolute atomic E-state index is 0.353. The summed E-state index contributed by atoms with van der Waals surface area (Å²) in [6, 6.07) is 0. The van der Waals surface area contributed by atoms with Gasteiger partial charge < -0.3 is 0 Å². The summed E-state index contributed by atoms with van der Waals surface area (Å²) in [6.07, 6.45) is -6.81. The third-order valence-electron chi connectivity index (χ3n) is 3.42. The number of esters is 1. The van der Waals surface area contributed by atoms with Gasteiger partial charge in [-0.05, 0) is 0 Å². The van der Waals surface area contributed by atoms with Crippen LogP contribution in [0, 0.1) is 0 Å². The van der Waals surface area contributed by atoms with E-state index in [1.165, 1.54) is 0 Å². The minimum atomic E-state index is -4.91. The molecule has 3 aliphatic rings. The summed E-state index contributed by atoms with van der Waals surface area (Å²) in [6.45, 7) is 1.21. The van der Waals surface area contributed by atoms with Gasteiger partial charge in [-0.1, -0.05) is 0 Å². The molecule has 0 amide bonds. The van der Waals surface area contributed by atoms with Gasteiger partial charge in [0.25, 0.3) is 0 Å². The number of hydrogen-bond acceptors (Lipinski definition) is 6. The van der Waals surface area contributed by atoms with Gasteiger partial charge in [0.05, 0.1) is 0 Å². The van der Waals surface area contributed by atoms with Crippen LogP contribution in [0.15, 0.2) is 0 Å².